The van der Waals surface area contributed by atoms with Crippen LogP contribution in [0.25, 0.3) is 0 Å². The number of aliphatic hydroxyl groups is 1. The molecule has 1 rings (SSSR count). The fourth-order valence-electron chi connectivity index (χ4n) is 1.04. The maximum absolute atomic E-state index is 12.3. The van der Waals surface area contributed by atoms with Gasteiger partial charge in [0.05, 0.1) is 5.56 Å². The molecule has 1 aromatic rings. The first kappa shape index (κ1) is 12.4. The molecule has 0 aliphatic carbocycles. The number of benzene rings is 1. The molecule has 0 unspecified atom stereocenters. The number of hydrogen-bond donors (Lipinski definition) is 2. The third kappa shape index (κ3) is 3.17. The zero-order valence-electron chi connectivity index (χ0n) is 8.47. The molecule has 0 amide bonds. The number of halogens is 3. The first-order valence-corrected chi connectivity index (χ1v) is 4.47. The summed E-state index contributed by atoms with van der Waals surface area (Å²) in [6.07, 6.45) is -5.26. The van der Waals surface area contributed by atoms with E-state index in [1.807, 2.05) is 0 Å². The second-order valence-corrected chi connectivity index (χ2v) is 3.25. The third-order valence-corrected chi connectivity index (χ3v) is 1.79. The van der Waals surface area contributed by atoms with Crippen molar-refractivity contribution in [3.63, 3.8) is 0 Å². The summed E-state index contributed by atoms with van der Waals surface area (Å²) in [5.41, 5.74) is 4.83. The van der Waals surface area contributed by atoms with E-state index in [0.717, 1.165) is 12.1 Å². The summed E-state index contributed by atoms with van der Waals surface area (Å²) < 4.78 is 36.8. The first-order chi connectivity index (χ1) is 7.30. The van der Waals surface area contributed by atoms with Gasteiger partial charge in [-0.15, -0.1) is 0 Å². The van der Waals surface area contributed by atoms with Gasteiger partial charge >= 0.3 is 6.18 Å². The van der Waals surface area contributed by atoms with Crippen LogP contribution in [0.1, 0.15) is 18.1 Å². The van der Waals surface area contributed by atoms with Crippen molar-refractivity contribution < 1.29 is 18.3 Å². The van der Waals surface area contributed by atoms with Gasteiger partial charge in [-0.2, -0.15) is 13.2 Å². The van der Waals surface area contributed by atoms with E-state index in [2.05, 4.69) is 11.8 Å². The van der Waals surface area contributed by atoms with Crippen molar-refractivity contribution in [1.82, 2.24) is 0 Å². The van der Waals surface area contributed by atoms with Crippen molar-refractivity contribution >= 4 is 5.69 Å². The van der Waals surface area contributed by atoms with Gasteiger partial charge in [-0.05, 0) is 25.1 Å². The minimum absolute atomic E-state index is 0.0528. The van der Waals surface area contributed by atoms with Gasteiger partial charge in [-0.3, -0.25) is 0 Å². The van der Waals surface area contributed by atoms with E-state index in [-0.39, 0.29) is 11.3 Å². The van der Waals surface area contributed by atoms with Gasteiger partial charge in [-0.1, -0.05) is 11.8 Å². The highest BCUT2D eigenvalue weighted by molar-refractivity contribution is 5.57. The van der Waals surface area contributed by atoms with Crippen LogP contribution >= 0.6 is 0 Å². The van der Waals surface area contributed by atoms with Crippen molar-refractivity contribution in [3.05, 3.63) is 29.3 Å². The summed E-state index contributed by atoms with van der Waals surface area (Å²) in [5, 5.41) is 8.89. The molecule has 1 atom stereocenters. The molecule has 1 aromatic carbocycles. The fraction of sp³-hybridized carbons (Fsp3) is 0.273. The van der Waals surface area contributed by atoms with Gasteiger partial charge < -0.3 is 10.8 Å². The van der Waals surface area contributed by atoms with Crippen LogP contribution in [0.3, 0.4) is 0 Å². The maximum Gasteiger partial charge on any atom is 0.416 e. The normalized spacial score (nSPS) is 12.8. The van der Waals surface area contributed by atoms with Gasteiger partial charge in [-0.25, -0.2) is 0 Å². The number of nitrogens with two attached hydrogens (primary N) is 1. The standard InChI is InChI=1S/C11H10F3NO/c1-7(16)2-3-8-4-5-9(6-10(8)15)11(12,13)14/h4-7,16H,15H2,1H3/t7-/m1/s1. The lowest BCUT2D eigenvalue weighted by Gasteiger charge is -2.07. The van der Waals surface area contributed by atoms with Crippen LogP contribution in [0.5, 0.6) is 0 Å². The van der Waals surface area contributed by atoms with Gasteiger partial charge in [0.15, 0.2) is 0 Å². The Morgan fingerprint density at radius 1 is 1.38 bits per heavy atom. The van der Waals surface area contributed by atoms with Crippen LogP contribution in [0, 0.1) is 11.8 Å². The Morgan fingerprint density at radius 3 is 2.44 bits per heavy atom. The predicted molar refractivity (Wildman–Crippen MR) is 54.4 cm³/mol. The molecule has 0 aliphatic rings. The highest BCUT2D eigenvalue weighted by atomic mass is 19.4. The second-order valence-electron chi connectivity index (χ2n) is 3.25. The van der Waals surface area contributed by atoms with E-state index in [0.29, 0.717) is 0 Å². The van der Waals surface area contributed by atoms with E-state index in [9.17, 15) is 13.2 Å². The van der Waals surface area contributed by atoms with Crippen molar-refractivity contribution in [2.24, 2.45) is 0 Å². The summed E-state index contributed by atoms with van der Waals surface area (Å²) in [5.74, 6) is 4.90. The smallest absolute Gasteiger partial charge is 0.398 e. The molecule has 16 heavy (non-hydrogen) atoms. The molecule has 0 aliphatic heterocycles. The minimum atomic E-state index is -4.41. The molecule has 0 aromatic heterocycles. The molecule has 0 fully saturated rings. The first-order valence-electron chi connectivity index (χ1n) is 4.47. The molecule has 0 spiro atoms. The fourth-order valence-corrected chi connectivity index (χ4v) is 1.04. The zero-order chi connectivity index (χ0) is 12.3. The largest absolute Gasteiger partial charge is 0.416 e. The SMILES string of the molecule is C[C@@H](O)C#Cc1ccc(C(F)(F)F)cc1N. The molecular formula is C11H10F3NO. The average Bonchev–Trinajstić information content (AvgIpc) is 2.14. The van der Waals surface area contributed by atoms with Crippen molar-refractivity contribution in [3.8, 4) is 11.8 Å². The second kappa shape index (κ2) is 4.45. The molecule has 0 radical (unpaired) electrons. The Morgan fingerprint density at radius 2 is 2.00 bits per heavy atom. The lowest BCUT2D eigenvalue weighted by Crippen LogP contribution is -2.06. The summed E-state index contributed by atoms with van der Waals surface area (Å²) >= 11 is 0. The van der Waals surface area contributed by atoms with Gasteiger partial charge in [0.25, 0.3) is 0 Å². The van der Waals surface area contributed by atoms with E-state index in [1.54, 1.807) is 0 Å². The summed E-state index contributed by atoms with van der Waals surface area (Å²) in [7, 11) is 0. The Bertz CT molecular complexity index is 441. The number of nitrogen functional groups attached to an aromatic ring is 1. The van der Waals surface area contributed by atoms with Crippen LogP contribution < -0.4 is 5.73 Å². The molecule has 5 heteroatoms. The Kier molecular flexibility index (Phi) is 3.45. The Labute approximate surface area is 90.9 Å². The summed E-state index contributed by atoms with van der Waals surface area (Å²) in [6, 6.07) is 2.92. The quantitative estimate of drug-likeness (QED) is 0.528. The van der Waals surface area contributed by atoms with Crippen molar-refractivity contribution in [1.29, 1.82) is 0 Å². The Balaban J connectivity index is 3.07. The molecule has 0 heterocycles. The summed E-state index contributed by atoms with van der Waals surface area (Å²) in [4.78, 5) is 0. The van der Waals surface area contributed by atoms with Crippen molar-refractivity contribution in [2.75, 3.05) is 5.73 Å². The van der Waals surface area contributed by atoms with Gasteiger partial charge in [0, 0.05) is 11.3 Å². The number of rotatable bonds is 0. The van der Waals surface area contributed by atoms with E-state index >= 15 is 0 Å². The maximum atomic E-state index is 12.3. The molecular weight excluding hydrogens is 219 g/mol. The zero-order valence-corrected chi connectivity index (χ0v) is 8.47. The van der Waals surface area contributed by atoms with Crippen LogP contribution in [0.4, 0.5) is 18.9 Å². The molecule has 3 N–H and O–H groups in total. The van der Waals surface area contributed by atoms with Crippen molar-refractivity contribution in [2.45, 2.75) is 19.2 Å². The highest BCUT2D eigenvalue weighted by Crippen LogP contribution is 2.31. The number of anilines is 1. The Hall–Kier alpha value is -1.67. The number of alkyl halides is 3. The number of aliphatic hydroxyl groups excluding tert-OH is 1. The molecule has 2 nitrogen and oxygen atoms in total. The van der Waals surface area contributed by atoms with Crippen LogP contribution in [-0.2, 0) is 6.18 Å². The predicted octanol–water partition coefficient (Wildman–Crippen LogP) is 2.02. The molecule has 86 valence electrons. The van der Waals surface area contributed by atoms with E-state index in [1.165, 1.54) is 13.0 Å². The third-order valence-electron chi connectivity index (χ3n) is 1.79. The average molecular weight is 229 g/mol. The topological polar surface area (TPSA) is 46.2 Å². The van der Waals surface area contributed by atoms with Crippen LogP contribution in [0.15, 0.2) is 18.2 Å². The molecule has 0 saturated heterocycles. The van der Waals surface area contributed by atoms with Crippen LogP contribution in [0.2, 0.25) is 0 Å². The van der Waals surface area contributed by atoms with Gasteiger partial charge in [0.1, 0.15) is 6.10 Å². The van der Waals surface area contributed by atoms with E-state index in [4.69, 9.17) is 10.8 Å². The molecule has 0 bridgehead atoms. The highest BCUT2D eigenvalue weighted by Gasteiger charge is 2.30. The molecule has 0 saturated carbocycles. The lowest BCUT2D eigenvalue weighted by molar-refractivity contribution is -0.137. The van der Waals surface area contributed by atoms with Crippen LogP contribution in [-0.4, -0.2) is 11.2 Å². The monoisotopic (exact) mass is 229 g/mol. The number of hydrogen-bond acceptors (Lipinski definition) is 2. The van der Waals surface area contributed by atoms with Gasteiger partial charge in [0.2, 0.25) is 0 Å². The lowest BCUT2D eigenvalue weighted by atomic mass is 10.1. The minimum Gasteiger partial charge on any atom is -0.398 e. The van der Waals surface area contributed by atoms with E-state index < -0.39 is 17.8 Å². The summed E-state index contributed by atoms with van der Waals surface area (Å²) in [6.45, 7) is 1.45.